The van der Waals surface area contributed by atoms with Gasteiger partial charge in [0.2, 0.25) is 0 Å². The van der Waals surface area contributed by atoms with Crippen LogP contribution in [0.2, 0.25) is 0 Å². The number of esters is 1. The van der Waals surface area contributed by atoms with Crippen LogP contribution < -0.4 is 14.3 Å². The van der Waals surface area contributed by atoms with Gasteiger partial charge in [-0.1, -0.05) is 17.4 Å². The van der Waals surface area contributed by atoms with Crippen molar-refractivity contribution in [2.24, 2.45) is 5.92 Å². The number of ether oxygens (including phenoxy) is 3. The summed E-state index contributed by atoms with van der Waals surface area (Å²) in [6, 6.07) is 5.58. The number of rotatable bonds is 5. The van der Waals surface area contributed by atoms with Crippen molar-refractivity contribution in [2.75, 3.05) is 26.6 Å². The standard InChI is InChI=1S/C17H19NO5S2/c1-4-23-16(19)10-8-24-15-14(25-17(20)18-15)13(10)9-5-6-11(21-2)12(7-9)22-3/h5-7,10,13H,4,8H2,1-3H3,(H,18,20)/t10-,13-/m0/s1. The van der Waals surface area contributed by atoms with Gasteiger partial charge in [0.25, 0.3) is 0 Å². The van der Waals surface area contributed by atoms with E-state index < -0.39 is 0 Å². The van der Waals surface area contributed by atoms with Gasteiger partial charge in [0.15, 0.2) is 11.5 Å². The van der Waals surface area contributed by atoms with Gasteiger partial charge in [0.05, 0.1) is 31.8 Å². The molecule has 2 aromatic rings. The molecule has 0 radical (unpaired) electrons. The third-order valence-corrected chi connectivity index (χ3v) is 6.32. The molecule has 0 fully saturated rings. The number of hydrogen-bond donors (Lipinski definition) is 1. The number of thiazole rings is 1. The van der Waals surface area contributed by atoms with Crippen molar-refractivity contribution in [3.63, 3.8) is 0 Å². The summed E-state index contributed by atoms with van der Waals surface area (Å²) < 4.78 is 15.9. The molecule has 0 spiro atoms. The second-order valence-corrected chi connectivity index (χ2v) is 7.51. The Morgan fingerprint density at radius 2 is 2.04 bits per heavy atom. The number of aromatic amines is 1. The van der Waals surface area contributed by atoms with E-state index in [2.05, 4.69) is 4.98 Å². The normalized spacial score (nSPS) is 19.2. The van der Waals surface area contributed by atoms with Crippen LogP contribution in [0.3, 0.4) is 0 Å². The number of methoxy groups -OCH3 is 2. The zero-order valence-corrected chi connectivity index (χ0v) is 15.8. The highest BCUT2D eigenvalue weighted by molar-refractivity contribution is 7.99. The summed E-state index contributed by atoms with van der Waals surface area (Å²) in [5.41, 5.74) is 0.896. The van der Waals surface area contributed by atoms with Gasteiger partial charge >= 0.3 is 10.8 Å². The maximum absolute atomic E-state index is 12.5. The van der Waals surface area contributed by atoms with Gasteiger partial charge in [-0.05, 0) is 24.6 Å². The fourth-order valence-corrected chi connectivity index (χ4v) is 5.37. The molecule has 6 nitrogen and oxygen atoms in total. The van der Waals surface area contributed by atoms with Gasteiger partial charge < -0.3 is 19.2 Å². The van der Waals surface area contributed by atoms with Crippen molar-refractivity contribution in [3.8, 4) is 11.5 Å². The number of carbonyl (C=O) groups is 1. The molecular formula is C17H19NO5S2. The van der Waals surface area contributed by atoms with Crippen LogP contribution in [0.1, 0.15) is 23.3 Å². The third-order valence-electron chi connectivity index (χ3n) is 4.09. The van der Waals surface area contributed by atoms with E-state index in [0.717, 1.165) is 26.8 Å². The average Bonchev–Trinajstić information content (AvgIpc) is 3.00. The van der Waals surface area contributed by atoms with Crippen LogP contribution in [0.4, 0.5) is 0 Å². The highest BCUT2D eigenvalue weighted by Gasteiger charge is 2.39. The van der Waals surface area contributed by atoms with E-state index in [-0.39, 0.29) is 22.7 Å². The number of thioether (sulfide) groups is 1. The van der Waals surface area contributed by atoms with E-state index in [0.29, 0.717) is 23.9 Å². The topological polar surface area (TPSA) is 77.6 Å². The number of carbonyl (C=O) groups excluding carboxylic acids is 1. The summed E-state index contributed by atoms with van der Waals surface area (Å²) in [6.45, 7) is 2.12. The van der Waals surface area contributed by atoms with Crippen LogP contribution in [0, 0.1) is 5.92 Å². The van der Waals surface area contributed by atoms with E-state index in [1.165, 1.54) is 11.8 Å². The number of nitrogens with one attached hydrogen (secondary N) is 1. The third kappa shape index (κ3) is 3.41. The second kappa shape index (κ2) is 7.53. The molecule has 0 saturated carbocycles. The summed E-state index contributed by atoms with van der Waals surface area (Å²) in [6.07, 6.45) is 0. The lowest BCUT2D eigenvalue weighted by molar-refractivity contribution is -0.147. The minimum atomic E-state index is -0.359. The van der Waals surface area contributed by atoms with E-state index >= 15 is 0 Å². The summed E-state index contributed by atoms with van der Waals surface area (Å²) >= 11 is 2.63. The zero-order chi connectivity index (χ0) is 18.0. The van der Waals surface area contributed by atoms with Crippen LogP contribution >= 0.6 is 23.1 Å². The molecule has 2 heterocycles. The number of aromatic nitrogens is 1. The Morgan fingerprint density at radius 3 is 2.72 bits per heavy atom. The van der Waals surface area contributed by atoms with E-state index in [4.69, 9.17) is 14.2 Å². The molecule has 1 aliphatic heterocycles. The van der Waals surface area contributed by atoms with Gasteiger partial charge in [-0.2, -0.15) is 0 Å². The monoisotopic (exact) mass is 381 g/mol. The van der Waals surface area contributed by atoms with Gasteiger partial charge in [-0.15, -0.1) is 11.8 Å². The average molecular weight is 381 g/mol. The van der Waals surface area contributed by atoms with E-state index in [1.807, 2.05) is 18.2 Å². The molecule has 1 aromatic carbocycles. The first-order valence-electron chi connectivity index (χ1n) is 7.83. The fourth-order valence-electron chi connectivity index (χ4n) is 2.97. The number of hydrogen-bond acceptors (Lipinski definition) is 7. The number of fused-ring (bicyclic) bond motifs is 1. The summed E-state index contributed by atoms with van der Waals surface area (Å²) in [5.74, 6) is 0.900. The molecule has 0 amide bonds. The second-order valence-electron chi connectivity index (χ2n) is 5.47. The van der Waals surface area contributed by atoms with Crippen molar-refractivity contribution in [2.45, 2.75) is 17.9 Å². The Morgan fingerprint density at radius 1 is 1.28 bits per heavy atom. The van der Waals surface area contributed by atoms with Gasteiger partial charge in [-0.3, -0.25) is 9.59 Å². The van der Waals surface area contributed by atoms with Crippen molar-refractivity contribution < 1.29 is 19.0 Å². The molecule has 0 saturated heterocycles. The SMILES string of the molecule is CCOC(=O)[C@H]1CSc2[nH]c(=O)sc2[C@H]1c1ccc(OC)c(OC)c1. The molecule has 0 unspecified atom stereocenters. The van der Waals surface area contributed by atoms with E-state index in [9.17, 15) is 9.59 Å². The summed E-state index contributed by atoms with van der Waals surface area (Å²) in [5, 5.41) is 0.829. The molecule has 0 aliphatic carbocycles. The smallest absolute Gasteiger partial charge is 0.310 e. The molecular weight excluding hydrogens is 362 g/mol. The Hall–Kier alpha value is -1.93. The zero-order valence-electron chi connectivity index (χ0n) is 14.2. The predicted octanol–water partition coefficient (Wildman–Crippen LogP) is 2.87. The van der Waals surface area contributed by atoms with Crippen LogP contribution in [-0.2, 0) is 9.53 Å². The molecule has 134 valence electrons. The molecule has 3 rings (SSSR count). The minimum absolute atomic E-state index is 0.118. The Labute approximate surface area is 153 Å². The van der Waals surface area contributed by atoms with Crippen molar-refractivity contribution in [1.29, 1.82) is 0 Å². The Kier molecular flexibility index (Phi) is 5.39. The lowest BCUT2D eigenvalue weighted by Gasteiger charge is -2.29. The minimum Gasteiger partial charge on any atom is -0.493 e. The highest BCUT2D eigenvalue weighted by atomic mass is 32.2. The first-order valence-corrected chi connectivity index (χ1v) is 9.63. The van der Waals surface area contributed by atoms with Crippen LogP contribution in [0.15, 0.2) is 28.0 Å². The molecule has 0 bridgehead atoms. The van der Waals surface area contributed by atoms with E-state index in [1.54, 1.807) is 21.1 Å². The molecule has 1 N–H and O–H groups in total. The quantitative estimate of drug-likeness (QED) is 0.803. The van der Waals surface area contributed by atoms with Crippen molar-refractivity contribution in [3.05, 3.63) is 38.3 Å². The van der Waals surface area contributed by atoms with Gasteiger partial charge in [-0.25, -0.2) is 0 Å². The molecule has 1 aromatic heterocycles. The van der Waals surface area contributed by atoms with Crippen molar-refractivity contribution >= 4 is 29.1 Å². The van der Waals surface area contributed by atoms with Crippen molar-refractivity contribution in [1.82, 2.24) is 4.98 Å². The van der Waals surface area contributed by atoms with Crippen LogP contribution in [-0.4, -0.2) is 37.5 Å². The molecule has 2 atom stereocenters. The number of benzene rings is 1. The van der Waals surface area contributed by atoms with Crippen LogP contribution in [0.5, 0.6) is 11.5 Å². The molecule has 8 heteroatoms. The molecule has 25 heavy (non-hydrogen) atoms. The first-order chi connectivity index (χ1) is 12.1. The molecule has 1 aliphatic rings. The first kappa shape index (κ1) is 17.9. The fraction of sp³-hybridized carbons (Fsp3) is 0.412. The lowest BCUT2D eigenvalue weighted by atomic mass is 9.85. The summed E-state index contributed by atoms with van der Waals surface area (Å²) in [7, 11) is 3.15. The predicted molar refractivity (Wildman–Crippen MR) is 97.2 cm³/mol. The summed E-state index contributed by atoms with van der Waals surface area (Å²) in [4.78, 5) is 28.0. The maximum Gasteiger partial charge on any atom is 0.310 e. The van der Waals surface area contributed by atoms with Crippen LogP contribution in [0.25, 0.3) is 0 Å². The Bertz CT molecular complexity index is 829. The highest BCUT2D eigenvalue weighted by Crippen LogP contribution is 2.46. The Balaban J connectivity index is 2.10. The van der Waals surface area contributed by atoms with Gasteiger partial charge in [0.1, 0.15) is 0 Å². The maximum atomic E-state index is 12.5. The van der Waals surface area contributed by atoms with Gasteiger partial charge in [0, 0.05) is 16.5 Å². The number of H-pyrrole nitrogens is 1. The lowest BCUT2D eigenvalue weighted by Crippen LogP contribution is -2.29. The largest absolute Gasteiger partial charge is 0.493 e.